The Bertz CT molecular complexity index is 1220. The van der Waals surface area contributed by atoms with Crippen molar-refractivity contribution in [3.63, 3.8) is 0 Å². The molecule has 0 aliphatic carbocycles. The number of nitrogens with zero attached hydrogens (tertiary/aromatic N) is 5. The van der Waals surface area contributed by atoms with E-state index in [1.807, 2.05) is 30.5 Å². The van der Waals surface area contributed by atoms with E-state index in [4.69, 9.17) is 0 Å². The highest BCUT2D eigenvalue weighted by atomic mass is 15.4. The lowest BCUT2D eigenvalue weighted by atomic mass is 9.97. The van der Waals surface area contributed by atoms with Crippen LogP contribution in [0.3, 0.4) is 0 Å². The van der Waals surface area contributed by atoms with Crippen LogP contribution in [0.4, 0.5) is 5.82 Å². The van der Waals surface area contributed by atoms with E-state index in [0.29, 0.717) is 11.5 Å². The van der Waals surface area contributed by atoms with Crippen molar-refractivity contribution >= 4 is 39.2 Å². The van der Waals surface area contributed by atoms with Gasteiger partial charge in [0.15, 0.2) is 11.5 Å². The zero-order valence-corrected chi connectivity index (χ0v) is 13.7. The number of hydrogen-bond acceptors (Lipinski definition) is 5. The van der Waals surface area contributed by atoms with Gasteiger partial charge in [0.25, 0.3) is 0 Å². The van der Waals surface area contributed by atoms with E-state index in [1.165, 1.54) is 21.5 Å². The van der Waals surface area contributed by atoms with Gasteiger partial charge in [-0.2, -0.15) is 9.62 Å². The molecule has 1 N–H and O–H groups in total. The fraction of sp³-hybridized carbons (Fsp3) is 0. The van der Waals surface area contributed by atoms with E-state index in [2.05, 4.69) is 68.3 Å². The Balaban J connectivity index is 1.57. The molecule has 3 aromatic carbocycles. The highest BCUT2D eigenvalue weighted by Crippen LogP contribution is 2.27. The maximum absolute atomic E-state index is 4.41. The number of rotatable bonds is 3. The summed E-state index contributed by atoms with van der Waals surface area (Å²) in [4.78, 5) is 0. The third kappa shape index (κ3) is 2.44. The second-order valence-corrected chi connectivity index (χ2v) is 5.95. The molecule has 2 aromatic heterocycles. The van der Waals surface area contributed by atoms with Crippen LogP contribution in [0, 0.1) is 0 Å². The molecule has 0 unspecified atom stereocenters. The first-order valence-corrected chi connectivity index (χ1v) is 8.25. The van der Waals surface area contributed by atoms with Crippen LogP contribution in [0.2, 0.25) is 0 Å². The predicted molar refractivity (Wildman–Crippen MR) is 103 cm³/mol. The Morgan fingerprint density at radius 2 is 1.62 bits per heavy atom. The van der Waals surface area contributed by atoms with Crippen LogP contribution >= 0.6 is 0 Å². The molecular weight excluding hydrogens is 324 g/mol. The topological polar surface area (TPSA) is 67.5 Å². The van der Waals surface area contributed by atoms with Gasteiger partial charge < -0.3 is 0 Å². The van der Waals surface area contributed by atoms with Gasteiger partial charge in [-0.1, -0.05) is 48.5 Å². The van der Waals surface area contributed by atoms with Crippen molar-refractivity contribution in [3.05, 3.63) is 78.6 Å². The van der Waals surface area contributed by atoms with E-state index in [0.717, 1.165) is 5.56 Å². The number of aromatic nitrogens is 4. The Morgan fingerprint density at radius 1 is 0.885 bits per heavy atom. The van der Waals surface area contributed by atoms with Crippen molar-refractivity contribution < 1.29 is 0 Å². The molecule has 2 heterocycles. The van der Waals surface area contributed by atoms with E-state index < -0.39 is 0 Å². The monoisotopic (exact) mass is 338 g/mol. The summed E-state index contributed by atoms with van der Waals surface area (Å²) in [5.41, 5.74) is 4.76. The summed E-state index contributed by atoms with van der Waals surface area (Å²) in [6.45, 7) is 0. The van der Waals surface area contributed by atoms with Gasteiger partial charge in [-0.15, -0.1) is 15.3 Å². The smallest absolute Gasteiger partial charge is 0.177 e. The van der Waals surface area contributed by atoms with Crippen LogP contribution in [-0.4, -0.2) is 26.0 Å². The molecule has 0 spiro atoms. The minimum atomic E-state index is 0.623. The first-order valence-electron chi connectivity index (χ1n) is 8.25. The van der Waals surface area contributed by atoms with Gasteiger partial charge in [-0.25, -0.2) is 0 Å². The summed E-state index contributed by atoms with van der Waals surface area (Å²) in [6, 6.07) is 22.5. The molecule has 5 rings (SSSR count). The maximum Gasteiger partial charge on any atom is 0.177 e. The number of nitrogens with one attached hydrogen (secondary N) is 1. The largest absolute Gasteiger partial charge is 0.260 e. The Labute approximate surface area is 148 Å². The van der Waals surface area contributed by atoms with Crippen molar-refractivity contribution in [2.24, 2.45) is 5.10 Å². The minimum Gasteiger partial charge on any atom is -0.260 e. The van der Waals surface area contributed by atoms with Gasteiger partial charge in [0.05, 0.1) is 6.21 Å². The SMILES string of the molecule is C(=N\Nc1ccc2nncn2n1)/c1c2ccccc2cc2ccccc12. The molecule has 6 nitrogen and oxygen atoms in total. The first kappa shape index (κ1) is 14.5. The van der Waals surface area contributed by atoms with E-state index >= 15 is 0 Å². The van der Waals surface area contributed by atoms with Crippen LogP contribution in [0.15, 0.2) is 78.2 Å². The number of anilines is 1. The molecule has 0 saturated heterocycles. The average Bonchev–Trinajstić information content (AvgIpc) is 3.15. The molecule has 0 bridgehead atoms. The number of fused-ring (bicyclic) bond motifs is 3. The lowest BCUT2D eigenvalue weighted by Crippen LogP contribution is -1.98. The molecule has 0 fully saturated rings. The minimum absolute atomic E-state index is 0.623. The summed E-state index contributed by atoms with van der Waals surface area (Å²) in [6.07, 6.45) is 3.41. The van der Waals surface area contributed by atoms with Gasteiger partial charge in [0.1, 0.15) is 6.33 Å². The highest BCUT2D eigenvalue weighted by Gasteiger charge is 2.05. The normalized spacial score (nSPS) is 11.7. The molecule has 6 heteroatoms. The van der Waals surface area contributed by atoms with Crippen LogP contribution in [0.25, 0.3) is 27.2 Å². The Morgan fingerprint density at radius 3 is 2.38 bits per heavy atom. The molecule has 0 atom stereocenters. The van der Waals surface area contributed by atoms with Crippen molar-refractivity contribution in [2.75, 3.05) is 5.43 Å². The van der Waals surface area contributed by atoms with Crippen LogP contribution < -0.4 is 5.43 Å². The summed E-state index contributed by atoms with van der Waals surface area (Å²) >= 11 is 0. The lowest BCUT2D eigenvalue weighted by molar-refractivity contribution is 0.925. The number of hydrogen-bond donors (Lipinski definition) is 1. The van der Waals surface area contributed by atoms with E-state index in [-0.39, 0.29) is 0 Å². The molecule has 0 aliphatic heterocycles. The van der Waals surface area contributed by atoms with Gasteiger partial charge in [-0.05, 0) is 39.7 Å². The average molecular weight is 338 g/mol. The number of benzene rings is 3. The van der Waals surface area contributed by atoms with Gasteiger partial charge in [0, 0.05) is 5.56 Å². The lowest BCUT2D eigenvalue weighted by Gasteiger charge is -2.08. The Kier molecular flexibility index (Phi) is 3.31. The quantitative estimate of drug-likeness (QED) is 0.308. The molecular formula is C20H14N6. The summed E-state index contributed by atoms with van der Waals surface area (Å²) in [5, 5.41) is 21.2. The van der Waals surface area contributed by atoms with Crippen LogP contribution in [0.5, 0.6) is 0 Å². The van der Waals surface area contributed by atoms with Crippen LogP contribution in [-0.2, 0) is 0 Å². The van der Waals surface area contributed by atoms with Gasteiger partial charge in [-0.3, -0.25) is 5.43 Å². The standard InChI is InChI=1S/C20H14N6/c1-3-7-16-14(5-1)11-15-6-2-4-8-17(15)18(16)12-21-23-19-9-10-20-24-22-13-26(20)25-19/h1-13H,(H,23,25)/b21-12+. The van der Waals surface area contributed by atoms with Gasteiger partial charge >= 0.3 is 0 Å². The van der Waals surface area contributed by atoms with Gasteiger partial charge in [0.2, 0.25) is 0 Å². The second-order valence-electron chi connectivity index (χ2n) is 5.95. The fourth-order valence-electron chi connectivity index (χ4n) is 3.14. The third-order valence-corrected chi connectivity index (χ3v) is 4.35. The zero-order valence-electron chi connectivity index (χ0n) is 13.7. The van der Waals surface area contributed by atoms with Crippen molar-refractivity contribution in [1.29, 1.82) is 0 Å². The molecule has 124 valence electrons. The molecule has 0 aliphatic rings. The van der Waals surface area contributed by atoms with E-state index in [9.17, 15) is 0 Å². The predicted octanol–water partition coefficient (Wildman–Crippen LogP) is 3.88. The fourth-order valence-corrected chi connectivity index (χ4v) is 3.14. The summed E-state index contributed by atoms with van der Waals surface area (Å²) in [7, 11) is 0. The molecule has 5 aromatic rings. The van der Waals surface area contributed by atoms with Crippen molar-refractivity contribution in [1.82, 2.24) is 19.8 Å². The molecule has 26 heavy (non-hydrogen) atoms. The molecule has 0 amide bonds. The Hall–Kier alpha value is -3.80. The molecule has 0 radical (unpaired) electrons. The number of hydrazone groups is 1. The third-order valence-electron chi connectivity index (χ3n) is 4.35. The summed E-state index contributed by atoms with van der Waals surface area (Å²) < 4.78 is 1.60. The van der Waals surface area contributed by atoms with E-state index in [1.54, 1.807) is 10.8 Å². The second kappa shape index (κ2) is 5.93. The summed E-state index contributed by atoms with van der Waals surface area (Å²) in [5.74, 6) is 0.623. The van der Waals surface area contributed by atoms with Crippen LogP contribution in [0.1, 0.15) is 5.56 Å². The zero-order chi connectivity index (χ0) is 17.3. The van der Waals surface area contributed by atoms with Crippen molar-refractivity contribution in [3.8, 4) is 0 Å². The van der Waals surface area contributed by atoms with Crippen molar-refractivity contribution in [2.45, 2.75) is 0 Å². The first-order chi connectivity index (χ1) is 12.9. The molecule has 0 saturated carbocycles. The maximum atomic E-state index is 4.41. The highest BCUT2D eigenvalue weighted by molar-refractivity contribution is 6.13.